The molecule has 2 heterocycles. The van der Waals surface area contributed by atoms with Gasteiger partial charge in [-0.15, -0.1) is 0 Å². The first-order valence-corrected chi connectivity index (χ1v) is 12.9. The van der Waals surface area contributed by atoms with Gasteiger partial charge in [0.2, 0.25) is 11.8 Å². The van der Waals surface area contributed by atoms with Crippen LogP contribution in [0.3, 0.4) is 0 Å². The lowest BCUT2D eigenvalue weighted by Gasteiger charge is -2.26. The lowest BCUT2D eigenvalue weighted by atomic mass is 9.92. The molecule has 1 N–H and O–H groups in total. The maximum atomic E-state index is 13.4. The van der Waals surface area contributed by atoms with Crippen molar-refractivity contribution in [2.45, 2.75) is 79.2 Å². The van der Waals surface area contributed by atoms with Crippen LogP contribution in [0.4, 0.5) is 5.82 Å². The molecule has 2 aromatic heterocycles. The molecule has 1 atom stereocenters. The van der Waals surface area contributed by atoms with E-state index in [1.54, 1.807) is 21.9 Å². The average molecular weight is 493 g/mol. The minimum absolute atomic E-state index is 0.0136. The number of unbranched alkanes of at least 4 members (excludes halogenated alkanes) is 1. The summed E-state index contributed by atoms with van der Waals surface area (Å²) in [5, 5.41) is 7.85. The van der Waals surface area contributed by atoms with E-state index in [0.717, 1.165) is 42.6 Å². The summed E-state index contributed by atoms with van der Waals surface area (Å²) in [5.41, 5.74) is 2.63. The second kappa shape index (κ2) is 12.1. The Morgan fingerprint density at radius 2 is 1.89 bits per heavy atom. The smallest absolute Gasteiger partial charge is 0.245 e. The van der Waals surface area contributed by atoms with Crippen LogP contribution in [0, 0.1) is 12.8 Å². The van der Waals surface area contributed by atoms with Crippen LogP contribution in [0.1, 0.15) is 77.3 Å². The summed E-state index contributed by atoms with van der Waals surface area (Å²) in [6.45, 7) is 12.6. The van der Waals surface area contributed by atoms with Crippen molar-refractivity contribution in [2.24, 2.45) is 5.92 Å². The Bertz CT molecular complexity index is 1140. The molecule has 0 bridgehead atoms. The van der Waals surface area contributed by atoms with Crippen molar-refractivity contribution in [3.63, 3.8) is 0 Å². The number of hydrogen-bond donors (Lipinski definition) is 1. The first-order valence-electron chi connectivity index (χ1n) is 12.9. The molecule has 1 unspecified atom stereocenters. The second-order valence-electron chi connectivity index (χ2n) is 10.4. The number of hydrogen-bond acceptors (Lipinski definition) is 4. The fraction of sp³-hybridized carbons (Fsp3) is 0.483. The molecule has 7 nitrogen and oxygen atoms in total. The summed E-state index contributed by atoms with van der Waals surface area (Å²) in [5.74, 6) is 0.845. The Labute approximate surface area is 214 Å². The number of benzene rings is 1. The zero-order valence-corrected chi connectivity index (χ0v) is 22.5. The molecule has 0 spiro atoms. The van der Waals surface area contributed by atoms with E-state index in [1.165, 1.54) is 0 Å². The van der Waals surface area contributed by atoms with Crippen LogP contribution in [0.5, 0.6) is 0 Å². The number of nitrogens with zero attached hydrogens (tertiary/aromatic N) is 3. The van der Waals surface area contributed by atoms with Gasteiger partial charge in [0, 0.05) is 17.4 Å². The summed E-state index contributed by atoms with van der Waals surface area (Å²) in [6, 6.07) is 13.5. The molecule has 7 heteroatoms. The van der Waals surface area contributed by atoms with E-state index < -0.39 is 0 Å². The minimum Gasteiger partial charge on any atom is -0.467 e. The van der Waals surface area contributed by atoms with E-state index in [2.05, 4.69) is 33.0 Å². The van der Waals surface area contributed by atoms with Crippen LogP contribution >= 0.6 is 0 Å². The highest BCUT2D eigenvalue weighted by Crippen LogP contribution is 2.27. The fourth-order valence-corrected chi connectivity index (χ4v) is 4.19. The van der Waals surface area contributed by atoms with Crippen LogP contribution in [0.15, 0.2) is 53.1 Å². The Hall–Kier alpha value is -3.35. The van der Waals surface area contributed by atoms with Crippen molar-refractivity contribution >= 4 is 17.6 Å². The standard InChI is InChI=1S/C29H40N4O3/c1-7-9-14-22(8-2)28(35)32(19-23-15-12-17-36-23)20-27(34)30-26-18-25(29(4,5)6)31-33(26)24-16-11-10-13-21(24)3/h10-13,15-18,22H,7-9,14,19-20H2,1-6H3,(H,30,34). The molecule has 0 aliphatic rings. The number of aromatic nitrogens is 2. The number of furan rings is 1. The third kappa shape index (κ3) is 6.86. The highest BCUT2D eigenvalue weighted by atomic mass is 16.3. The maximum Gasteiger partial charge on any atom is 0.245 e. The van der Waals surface area contributed by atoms with Gasteiger partial charge in [0.25, 0.3) is 0 Å². The van der Waals surface area contributed by atoms with Gasteiger partial charge < -0.3 is 14.6 Å². The average Bonchev–Trinajstić information content (AvgIpc) is 3.49. The van der Waals surface area contributed by atoms with E-state index in [-0.39, 0.29) is 36.2 Å². The van der Waals surface area contributed by atoms with Gasteiger partial charge in [0.05, 0.1) is 24.2 Å². The third-order valence-corrected chi connectivity index (χ3v) is 6.41. The molecule has 2 amide bonds. The largest absolute Gasteiger partial charge is 0.467 e. The van der Waals surface area contributed by atoms with Crippen molar-refractivity contribution in [1.29, 1.82) is 0 Å². The summed E-state index contributed by atoms with van der Waals surface area (Å²) >= 11 is 0. The van der Waals surface area contributed by atoms with E-state index in [9.17, 15) is 9.59 Å². The van der Waals surface area contributed by atoms with Gasteiger partial charge in [-0.2, -0.15) is 5.10 Å². The van der Waals surface area contributed by atoms with Gasteiger partial charge in [-0.05, 0) is 43.5 Å². The van der Waals surface area contributed by atoms with Crippen molar-refractivity contribution in [3.05, 3.63) is 65.7 Å². The van der Waals surface area contributed by atoms with Crippen LogP contribution in [-0.4, -0.2) is 33.0 Å². The Kier molecular flexibility index (Phi) is 9.13. The normalized spacial score (nSPS) is 12.4. The van der Waals surface area contributed by atoms with Gasteiger partial charge in [0.15, 0.2) is 0 Å². The van der Waals surface area contributed by atoms with Crippen molar-refractivity contribution in [1.82, 2.24) is 14.7 Å². The molecule has 194 valence electrons. The minimum atomic E-state index is -0.268. The number of anilines is 1. The number of aryl methyl sites for hydroxylation is 1. The molecule has 0 aliphatic heterocycles. The maximum absolute atomic E-state index is 13.4. The fourth-order valence-electron chi connectivity index (χ4n) is 4.19. The molecule has 3 rings (SSSR count). The molecule has 1 aromatic carbocycles. The molecular formula is C29H40N4O3. The first-order chi connectivity index (χ1) is 17.1. The van der Waals surface area contributed by atoms with Gasteiger partial charge in [-0.1, -0.05) is 65.7 Å². The Morgan fingerprint density at radius 3 is 2.50 bits per heavy atom. The van der Waals surface area contributed by atoms with Crippen LogP contribution in [0.25, 0.3) is 5.69 Å². The molecule has 0 fully saturated rings. The van der Waals surface area contributed by atoms with Gasteiger partial charge in [-0.25, -0.2) is 4.68 Å². The summed E-state index contributed by atoms with van der Waals surface area (Å²) in [4.78, 5) is 28.4. The predicted molar refractivity (Wildman–Crippen MR) is 143 cm³/mol. The summed E-state index contributed by atoms with van der Waals surface area (Å²) in [7, 11) is 0. The Morgan fingerprint density at radius 1 is 1.14 bits per heavy atom. The van der Waals surface area contributed by atoms with Crippen LogP contribution in [0.2, 0.25) is 0 Å². The molecule has 0 aliphatic carbocycles. The predicted octanol–water partition coefficient (Wildman–Crippen LogP) is 6.25. The monoisotopic (exact) mass is 492 g/mol. The quantitative estimate of drug-likeness (QED) is 0.343. The van der Waals surface area contributed by atoms with E-state index in [0.29, 0.717) is 11.6 Å². The Balaban J connectivity index is 1.87. The van der Waals surface area contributed by atoms with Gasteiger partial charge >= 0.3 is 0 Å². The molecule has 0 saturated carbocycles. The zero-order valence-electron chi connectivity index (χ0n) is 22.5. The lowest BCUT2D eigenvalue weighted by molar-refractivity contribution is -0.139. The third-order valence-electron chi connectivity index (χ3n) is 6.41. The van der Waals surface area contributed by atoms with Crippen LogP contribution < -0.4 is 5.32 Å². The number of para-hydroxylation sites is 1. The number of carbonyl (C=O) groups is 2. The summed E-state index contributed by atoms with van der Waals surface area (Å²) in [6.07, 6.45) is 5.15. The highest BCUT2D eigenvalue weighted by molar-refractivity contribution is 5.94. The first kappa shape index (κ1) is 27.2. The van der Waals surface area contributed by atoms with Gasteiger partial charge in [-0.3, -0.25) is 9.59 Å². The highest BCUT2D eigenvalue weighted by Gasteiger charge is 2.27. The van der Waals surface area contributed by atoms with Crippen LogP contribution in [-0.2, 0) is 21.5 Å². The number of rotatable bonds is 11. The molecular weight excluding hydrogens is 452 g/mol. The topological polar surface area (TPSA) is 80.4 Å². The lowest BCUT2D eigenvalue weighted by Crippen LogP contribution is -2.41. The SMILES string of the molecule is CCCCC(CC)C(=O)N(CC(=O)Nc1cc(C(C)(C)C)nn1-c1ccccc1C)Cc1ccco1. The molecule has 0 saturated heterocycles. The van der Waals surface area contributed by atoms with E-state index >= 15 is 0 Å². The van der Waals surface area contributed by atoms with E-state index in [4.69, 9.17) is 9.52 Å². The zero-order chi connectivity index (χ0) is 26.3. The molecule has 36 heavy (non-hydrogen) atoms. The molecule has 3 aromatic rings. The number of amides is 2. The molecule has 0 radical (unpaired) electrons. The summed E-state index contributed by atoms with van der Waals surface area (Å²) < 4.78 is 7.28. The second-order valence-corrected chi connectivity index (χ2v) is 10.4. The van der Waals surface area contributed by atoms with Crippen molar-refractivity contribution in [3.8, 4) is 5.69 Å². The van der Waals surface area contributed by atoms with Gasteiger partial charge in [0.1, 0.15) is 18.1 Å². The number of nitrogens with one attached hydrogen (secondary N) is 1. The number of carbonyl (C=O) groups excluding carboxylic acids is 2. The van der Waals surface area contributed by atoms with E-state index in [1.807, 2.05) is 50.2 Å². The van der Waals surface area contributed by atoms with Crippen molar-refractivity contribution in [2.75, 3.05) is 11.9 Å². The van der Waals surface area contributed by atoms with Crippen molar-refractivity contribution < 1.29 is 14.0 Å².